The fraction of sp³-hybridized carbons (Fsp3) is 0.733. The topological polar surface area (TPSA) is 61.0 Å². The van der Waals surface area contributed by atoms with Gasteiger partial charge in [-0.05, 0) is 32.6 Å². The highest BCUT2D eigenvalue weighted by molar-refractivity contribution is 5.90. The second kappa shape index (κ2) is 5.20. The van der Waals surface area contributed by atoms with Crippen molar-refractivity contribution in [2.45, 2.75) is 51.6 Å². The van der Waals surface area contributed by atoms with E-state index in [4.69, 9.17) is 0 Å². The molecule has 1 saturated carbocycles. The van der Waals surface area contributed by atoms with Crippen LogP contribution in [-0.4, -0.2) is 45.9 Å². The first-order valence-electron chi connectivity index (χ1n) is 7.64. The molecule has 1 saturated heterocycles. The first-order chi connectivity index (χ1) is 9.54. The molecule has 2 aliphatic rings. The highest BCUT2D eigenvalue weighted by atomic mass is 16.2. The largest absolute Gasteiger partial charge is 0.345 e. The van der Waals surface area contributed by atoms with Crippen LogP contribution in [0.1, 0.15) is 55.8 Å². The Labute approximate surface area is 120 Å². The average Bonchev–Trinajstić information content (AvgIpc) is 3.01. The number of amides is 1. The Hall–Kier alpha value is -1.36. The molecule has 5 heteroatoms. The standard InChI is InChI=1S/C15H24N4O/c1-9(2)19-7-10(3)13(8-19)18-15(20)14-16-6-12(17-14)11-4-5-11/h6,9-11,13H,4-5,7-8H2,1-3H3,(H,16,17)(H,18,20)/t10-,13+/m1/s1. The van der Waals surface area contributed by atoms with E-state index in [0.29, 0.717) is 23.7 Å². The Morgan fingerprint density at radius 3 is 2.80 bits per heavy atom. The quantitative estimate of drug-likeness (QED) is 0.880. The molecule has 1 aromatic heterocycles. The van der Waals surface area contributed by atoms with E-state index in [9.17, 15) is 4.79 Å². The van der Waals surface area contributed by atoms with Crippen LogP contribution in [-0.2, 0) is 0 Å². The van der Waals surface area contributed by atoms with Gasteiger partial charge in [0.1, 0.15) is 0 Å². The Kier molecular flexibility index (Phi) is 3.54. The van der Waals surface area contributed by atoms with Crippen LogP contribution >= 0.6 is 0 Å². The van der Waals surface area contributed by atoms with Gasteiger partial charge >= 0.3 is 0 Å². The van der Waals surface area contributed by atoms with Crippen LogP contribution in [0.25, 0.3) is 0 Å². The molecule has 0 spiro atoms. The lowest BCUT2D eigenvalue weighted by Crippen LogP contribution is -2.40. The number of H-pyrrole nitrogens is 1. The molecule has 2 atom stereocenters. The van der Waals surface area contributed by atoms with Gasteiger partial charge in [-0.3, -0.25) is 9.69 Å². The smallest absolute Gasteiger partial charge is 0.287 e. The minimum Gasteiger partial charge on any atom is -0.345 e. The zero-order valence-corrected chi connectivity index (χ0v) is 12.5. The summed E-state index contributed by atoms with van der Waals surface area (Å²) in [6.07, 6.45) is 4.24. The number of likely N-dealkylation sites (tertiary alicyclic amines) is 1. The zero-order valence-electron chi connectivity index (χ0n) is 12.5. The molecule has 20 heavy (non-hydrogen) atoms. The molecular weight excluding hydrogens is 252 g/mol. The molecule has 3 rings (SSSR count). The van der Waals surface area contributed by atoms with Crippen LogP contribution in [0.2, 0.25) is 0 Å². The molecule has 1 amide bonds. The van der Waals surface area contributed by atoms with Crippen LogP contribution < -0.4 is 5.32 Å². The molecule has 0 aromatic carbocycles. The second-order valence-corrected chi connectivity index (χ2v) is 6.57. The van der Waals surface area contributed by atoms with Crippen molar-refractivity contribution in [2.24, 2.45) is 5.92 Å². The number of imidazole rings is 1. The maximum atomic E-state index is 12.3. The van der Waals surface area contributed by atoms with Gasteiger partial charge in [-0.2, -0.15) is 0 Å². The van der Waals surface area contributed by atoms with Crippen LogP contribution in [0.4, 0.5) is 0 Å². The van der Waals surface area contributed by atoms with E-state index in [1.807, 2.05) is 6.20 Å². The maximum absolute atomic E-state index is 12.3. The monoisotopic (exact) mass is 276 g/mol. The van der Waals surface area contributed by atoms with Crippen molar-refractivity contribution in [3.05, 3.63) is 17.7 Å². The predicted molar refractivity (Wildman–Crippen MR) is 77.7 cm³/mol. The fourth-order valence-electron chi connectivity index (χ4n) is 2.90. The third-order valence-electron chi connectivity index (χ3n) is 4.52. The van der Waals surface area contributed by atoms with Crippen molar-refractivity contribution in [3.8, 4) is 0 Å². The normalized spacial score (nSPS) is 27.2. The molecule has 1 aromatic rings. The molecular formula is C15H24N4O. The molecule has 0 bridgehead atoms. The van der Waals surface area contributed by atoms with Gasteiger partial charge in [-0.15, -0.1) is 0 Å². The summed E-state index contributed by atoms with van der Waals surface area (Å²) in [4.78, 5) is 22.0. The molecule has 2 heterocycles. The minimum absolute atomic E-state index is 0.0700. The van der Waals surface area contributed by atoms with Crippen LogP contribution in [0.3, 0.4) is 0 Å². The van der Waals surface area contributed by atoms with E-state index in [1.165, 1.54) is 12.8 Å². The number of rotatable bonds is 4. The van der Waals surface area contributed by atoms with Gasteiger partial charge in [-0.1, -0.05) is 6.92 Å². The summed E-state index contributed by atoms with van der Waals surface area (Å²) < 4.78 is 0. The highest BCUT2D eigenvalue weighted by Crippen LogP contribution is 2.38. The van der Waals surface area contributed by atoms with Gasteiger partial charge in [0.05, 0.1) is 0 Å². The number of hydrogen-bond donors (Lipinski definition) is 2. The molecule has 5 nitrogen and oxygen atoms in total. The van der Waals surface area contributed by atoms with Crippen LogP contribution in [0, 0.1) is 5.92 Å². The third-order valence-corrected chi connectivity index (χ3v) is 4.52. The average molecular weight is 276 g/mol. The van der Waals surface area contributed by atoms with E-state index in [1.54, 1.807) is 0 Å². The first-order valence-corrected chi connectivity index (χ1v) is 7.64. The van der Waals surface area contributed by atoms with Gasteiger partial charge in [0.2, 0.25) is 0 Å². The summed E-state index contributed by atoms with van der Waals surface area (Å²) in [5.74, 6) is 1.48. The van der Waals surface area contributed by atoms with E-state index in [0.717, 1.165) is 18.8 Å². The lowest BCUT2D eigenvalue weighted by molar-refractivity contribution is 0.0921. The van der Waals surface area contributed by atoms with Gasteiger partial charge in [0.15, 0.2) is 5.82 Å². The summed E-state index contributed by atoms with van der Waals surface area (Å²) in [5.41, 5.74) is 1.11. The summed E-state index contributed by atoms with van der Waals surface area (Å²) in [6.45, 7) is 8.58. The Morgan fingerprint density at radius 1 is 1.45 bits per heavy atom. The van der Waals surface area contributed by atoms with Crippen molar-refractivity contribution in [2.75, 3.05) is 13.1 Å². The van der Waals surface area contributed by atoms with Crippen molar-refractivity contribution >= 4 is 5.91 Å². The number of nitrogens with zero attached hydrogens (tertiary/aromatic N) is 2. The zero-order chi connectivity index (χ0) is 14.3. The first kappa shape index (κ1) is 13.6. The van der Waals surface area contributed by atoms with Crippen molar-refractivity contribution in [3.63, 3.8) is 0 Å². The van der Waals surface area contributed by atoms with E-state index in [-0.39, 0.29) is 11.9 Å². The van der Waals surface area contributed by atoms with Crippen LogP contribution in [0.15, 0.2) is 6.20 Å². The van der Waals surface area contributed by atoms with Crippen LogP contribution in [0.5, 0.6) is 0 Å². The molecule has 2 N–H and O–H groups in total. The molecule has 2 fully saturated rings. The van der Waals surface area contributed by atoms with Crippen molar-refractivity contribution in [1.29, 1.82) is 0 Å². The molecule has 0 unspecified atom stereocenters. The lowest BCUT2D eigenvalue weighted by Gasteiger charge is -2.20. The lowest BCUT2D eigenvalue weighted by atomic mass is 10.1. The molecule has 110 valence electrons. The van der Waals surface area contributed by atoms with Crippen molar-refractivity contribution < 1.29 is 4.79 Å². The summed E-state index contributed by atoms with van der Waals surface area (Å²) in [6, 6.07) is 0.754. The van der Waals surface area contributed by atoms with Gasteiger partial charge in [-0.25, -0.2) is 4.98 Å². The number of hydrogen-bond acceptors (Lipinski definition) is 3. The van der Waals surface area contributed by atoms with Gasteiger partial charge in [0, 0.05) is 43.0 Å². The summed E-state index contributed by atoms with van der Waals surface area (Å²) >= 11 is 0. The van der Waals surface area contributed by atoms with Gasteiger partial charge in [0.25, 0.3) is 5.91 Å². The Morgan fingerprint density at radius 2 is 2.20 bits per heavy atom. The van der Waals surface area contributed by atoms with E-state index in [2.05, 4.69) is 41.0 Å². The highest BCUT2D eigenvalue weighted by Gasteiger charge is 2.33. The second-order valence-electron chi connectivity index (χ2n) is 6.57. The van der Waals surface area contributed by atoms with E-state index < -0.39 is 0 Å². The number of nitrogens with one attached hydrogen (secondary N) is 2. The van der Waals surface area contributed by atoms with Gasteiger partial charge < -0.3 is 10.3 Å². The fourth-order valence-corrected chi connectivity index (χ4v) is 2.90. The number of carbonyl (C=O) groups excluding carboxylic acids is 1. The Bertz CT molecular complexity index is 492. The summed E-state index contributed by atoms with van der Waals surface area (Å²) in [5, 5.41) is 3.13. The predicted octanol–water partition coefficient (Wildman–Crippen LogP) is 1.75. The minimum atomic E-state index is -0.0700. The molecule has 1 aliphatic heterocycles. The van der Waals surface area contributed by atoms with E-state index >= 15 is 0 Å². The molecule has 0 radical (unpaired) electrons. The summed E-state index contributed by atoms with van der Waals surface area (Å²) in [7, 11) is 0. The number of aromatic amines is 1. The Balaban J connectivity index is 1.60. The number of carbonyl (C=O) groups is 1. The van der Waals surface area contributed by atoms with Crippen molar-refractivity contribution in [1.82, 2.24) is 20.2 Å². The number of aromatic nitrogens is 2. The maximum Gasteiger partial charge on any atom is 0.287 e. The SMILES string of the molecule is CC(C)N1C[C@@H](C)[C@@H](NC(=O)c2ncc(C3CC3)[nH]2)C1. The molecule has 1 aliphatic carbocycles. The third kappa shape index (κ3) is 2.73.